The van der Waals surface area contributed by atoms with Gasteiger partial charge in [-0.15, -0.1) is 0 Å². The van der Waals surface area contributed by atoms with Gasteiger partial charge in [0.1, 0.15) is 5.36 Å². The second-order valence-electron chi connectivity index (χ2n) is 9.48. The van der Waals surface area contributed by atoms with E-state index >= 15 is 0 Å². The molecule has 41 heavy (non-hydrogen) atoms. The lowest BCUT2D eigenvalue weighted by Gasteiger charge is -2.20. The molecule has 4 aromatic rings. The van der Waals surface area contributed by atoms with Gasteiger partial charge in [0.15, 0.2) is 0 Å². The summed E-state index contributed by atoms with van der Waals surface area (Å²) in [5.41, 5.74) is 4.59. The van der Waals surface area contributed by atoms with Gasteiger partial charge in [-0.2, -0.15) is 0 Å². The first-order valence-electron chi connectivity index (χ1n) is 13.7. The van der Waals surface area contributed by atoms with Crippen molar-refractivity contribution in [2.75, 3.05) is 29.5 Å². The third kappa shape index (κ3) is 5.02. The summed E-state index contributed by atoms with van der Waals surface area (Å²) in [6.45, 7) is 7.90. The number of fused-ring (bicyclic) bond motifs is 2. The number of carbonyl (C=O) groups excluding carboxylic acids is 1. The number of para-hydroxylation sites is 2. The Labute approximate surface area is 247 Å². The van der Waals surface area contributed by atoms with Crippen LogP contribution >= 0.6 is 23.5 Å². The van der Waals surface area contributed by atoms with Gasteiger partial charge in [0.2, 0.25) is 5.43 Å². The zero-order valence-electron chi connectivity index (χ0n) is 23.1. The molecule has 0 unspecified atom stereocenters. The van der Waals surface area contributed by atoms with Crippen LogP contribution in [0.2, 0.25) is 0 Å². The number of esters is 1. The van der Waals surface area contributed by atoms with Gasteiger partial charge in [-0.25, -0.2) is 9.79 Å². The zero-order chi connectivity index (χ0) is 28.5. The molecule has 0 bridgehead atoms. The summed E-state index contributed by atoms with van der Waals surface area (Å²) in [6, 6.07) is 23.5. The van der Waals surface area contributed by atoms with Crippen molar-refractivity contribution in [3.05, 3.63) is 115 Å². The molecule has 2 aliphatic rings. The SMILES string of the molecule is CCOC(=O)c1cccc(N=c2c(/C=C3\Sc4ccccc4N3CC)c(/C=C3\Sc4ccccc4N3CC)c2=O)c1. The molecule has 0 spiro atoms. The van der Waals surface area contributed by atoms with E-state index in [1.165, 1.54) is 9.79 Å². The summed E-state index contributed by atoms with van der Waals surface area (Å²) in [5.74, 6) is -0.408. The number of hydrogen-bond donors (Lipinski definition) is 0. The smallest absolute Gasteiger partial charge is 0.338 e. The fourth-order valence-electron chi connectivity index (χ4n) is 5.10. The number of thioether (sulfide) groups is 2. The average Bonchev–Trinajstić information content (AvgIpc) is 3.55. The van der Waals surface area contributed by atoms with Crippen LogP contribution in [0.1, 0.15) is 42.3 Å². The Morgan fingerprint density at radius 1 is 0.805 bits per heavy atom. The Hall–Kier alpha value is -4.01. The lowest BCUT2D eigenvalue weighted by molar-refractivity contribution is 0.0526. The van der Waals surface area contributed by atoms with E-state index in [1.807, 2.05) is 30.3 Å². The van der Waals surface area contributed by atoms with Crippen molar-refractivity contribution in [1.29, 1.82) is 0 Å². The lowest BCUT2D eigenvalue weighted by atomic mass is 9.99. The summed E-state index contributed by atoms with van der Waals surface area (Å²) in [5, 5.41) is 2.46. The van der Waals surface area contributed by atoms with Gasteiger partial charge in [0.25, 0.3) is 0 Å². The van der Waals surface area contributed by atoms with Crippen molar-refractivity contribution in [3.63, 3.8) is 0 Å². The monoisotopic (exact) mass is 579 g/mol. The van der Waals surface area contributed by atoms with Crippen LogP contribution in [-0.4, -0.2) is 25.7 Å². The van der Waals surface area contributed by atoms with E-state index < -0.39 is 5.97 Å². The molecule has 0 radical (unpaired) electrons. The topological polar surface area (TPSA) is 62.2 Å². The van der Waals surface area contributed by atoms with E-state index in [9.17, 15) is 9.59 Å². The van der Waals surface area contributed by atoms with Crippen molar-refractivity contribution in [3.8, 4) is 0 Å². The molecule has 0 aliphatic carbocycles. The Morgan fingerprint density at radius 3 is 1.98 bits per heavy atom. The fourth-order valence-corrected chi connectivity index (χ4v) is 7.44. The number of benzene rings is 3. The van der Waals surface area contributed by atoms with Gasteiger partial charge in [-0.1, -0.05) is 53.9 Å². The zero-order valence-corrected chi connectivity index (χ0v) is 24.7. The van der Waals surface area contributed by atoms with E-state index in [0.29, 0.717) is 28.8 Å². The highest BCUT2D eigenvalue weighted by atomic mass is 32.2. The third-order valence-corrected chi connectivity index (χ3v) is 9.27. The van der Waals surface area contributed by atoms with Crippen molar-refractivity contribution in [2.24, 2.45) is 4.99 Å². The van der Waals surface area contributed by atoms with Gasteiger partial charge < -0.3 is 14.5 Å². The maximum Gasteiger partial charge on any atom is 0.338 e. The number of nitrogens with zero attached hydrogens (tertiary/aromatic N) is 3. The lowest BCUT2D eigenvalue weighted by Crippen LogP contribution is -2.38. The average molecular weight is 580 g/mol. The van der Waals surface area contributed by atoms with Crippen LogP contribution in [0.5, 0.6) is 0 Å². The number of hydrogen-bond acceptors (Lipinski definition) is 8. The van der Waals surface area contributed by atoms with Crippen LogP contribution in [0.3, 0.4) is 0 Å². The Morgan fingerprint density at radius 2 is 1.39 bits per heavy atom. The normalized spacial score (nSPS) is 16.6. The highest BCUT2D eigenvalue weighted by Crippen LogP contribution is 2.48. The second-order valence-corrected chi connectivity index (χ2v) is 11.6. The predicted molar refractivity (Wildman–Crippen MR) is 169 cm³/mol. The van der Waals surface area contributed by atoms with Crippen LogP contribution < -0.4 is 20.6 Å². The number of ether oxygens (including phenoxy) is 1. The maximum absolute atomic E-state index is 13.7. The first-order chi connectivity index (χ1) is 20.0. The number of rotatable bonds is 7. The van der Waals surface area contributed by atoms with E-state index in [1.54, 1.807) is 54.7 Å². The Kier molecular flexibility index (Phi) is 7.60. The minimum absolute atomic E-state index is 0.109. The minimum Gasteiger partial charge on any atom is -0.462 e. The summed E-state index contributed by atoms with van der Waals surface area (Å²) in [6.07, 6.45) is 4.08. The van der Waals surface area contributed by atoms with Gasteiger partial charge >= 0.3 is 5.97 Å². The van der Waals surface area contributed by atoms with Crippen molar-refractivity contribution in [2.45, 2.75) is 30.6 Å². The van der Waals surface area contributed by atoms with Crippen molar-refractivity contribution < 1.29 is 9.53 Å². The van der Waals surface area contributed by atoms with Crippen molar-refractivity contribution in [1.82, 2.24) is 0 Å². The molecule has 6 nitrogen and oxygen atoms in total. The standard InChI is InChI=1S/C33H29N3O3S2/c1-4-35-25-14-7-9-16-27(25)40-29(35)19-23-24(20-30-36(5-2)26-15-8-10-17-28(26)41-30)32(37)31(23)34-22-13-11-12-21(18-22)33(38)39-6-3/h7-20H,4-6H2,1-3H3/b29-19-,30-20-,34-31?. The second kappa shape index (κ2) is 11.5. The van der Waals surface area contributed by atoms with E-state index in [-0.39, 0.29) is 5.43 Å². The molecule has 6 rings (SSSR count). The molecule has 206 valence electrons. The van der Waals surface area contributed by atoms with Crippen LogP contribution in [0.4, 0.5) is 17.1 Å². The molecule has 0 aromatic heterocycles. The summed E-state index contributed by atoms with van der Waals surface area (Å²) < 4.78 is 5.16. The molecule has 2 aliphatic heterocycles. The molecule has 2 heterocycles. The van der Waals surface area contributed by atoms with E-state index in [0.717, 1.165) is 40.1 Å². The highest BCUT2D eigenvalue weighted by molar-refractivity contribution is 8.04. The van der Waals surface area contributed by atoms with Gasteiger partial charge in [0, 0.05) is 34.0 Å². The van der Waals surface area contributed by atoms with Gasteiger partial charge in [0.05, 0.1) is 39.3 Å². The molecule has 0 atom stereocenters. The summed E-state index contributed by atoms with van der Waals surface area (Å²) in [4.78, 5) is 37.6. The molecular weight excluding hydrogens is 551 g/mol. The first-order valence-corrected chi connectivity index (χ1v) is 15.3. The third-order valence-electron chi connectivity index (χ3n) is 7.04. The maximum atomic E-state index is 13.7. The Balaban J connectivity index is 1.47. The molecule has 0 saturated carbocycles. The van der Waals surface area contributed by atoms with Crippen molar-refractivity contribution >= 4 is 58.7 Å². The highest BCUT2D eigenvalue weighted by Gasteiger charge is 2.28. The fraction of sp³-hybridized carbons (Fsp3) is 0.182. The van der Waals surface area contributed by atoms with Crippen LogP contribution in [0.15, 0.2) is 102 Å². The first kappa shape index (κ1) is 27.2. The van der Waals surface area contributed by atoms with Crippen LogP contribution in [-0.2, 0) is 4.74 Å². The van der Waals surface area contributed by atoms with Crippen LogP contribution in [0, 0.1) is 0 Å². The molecule has 0 fully saturated rings. The molecule has 8 heteroatoms. The number of carbonyl (C=O) groups is 1. The quantitative estimate of drug-likeness (QED) is 0.215. The minimum atomic E-state index is -0.408. The largest absolute Gasteiger partial charge is 0.462 e. The molecule has 0 N–H and O–H groups in total. The summed E-state index contributed by atoms with van der Waals surface area (Å²) in [7, 11) is 0. The number of anilines is 2. The predicted octanol–water partition coefficient (Wildman–Crippen LogP) is 7.19. The summed E-state index contributed by atoms with van der Waals surface area (Å²) >= 11 is 3.37. The van der Waals surface area contributed by atoms with Gasteiger partial charge in [-0.05, 0) is 75.4 Å². The van der Waals surface area contributed by atoms with E-state index in [4.69, 9.17) is 9.73 Å². The molecule has 0 amide bonds. The van der Waals surface area contributed by atoms with Gasteiger partial charge in [-0.3, -0.25) is 4.79 Å². The molecule has 4 aromatic carbocycles. The van der Waals surface area contributed by atoms with E-state index in [2.05, 4.69) is 54.0 Å². The van der Waals surface area contributed by atoms with Crippen LogP contribution in [0.25, 0.3) is 12.2 Å². The Bertz CT molecular complexity index is 1800. The molecular formula is C33H29N3O3S2. The molecule has 0 saturated heterocycles.